The molecule has 5 heterocycles. The van der Waals surface area contributed by atoms with Crippen LogP contribution in [0.3, 0.4) is 0 Å². The van der Waals surface area contributed by atoms with Crippen molar-refractivity contribution in [2.24, 2.45) is 5.41 Å². The number of benzene rings is 2. The first-order valence-electron chi connectivity index (χ1n) is 21.4. The second-order valence-corrected chi connectivity index (χ2v) is 17.9. The molecule has 4 atom stereocenters. The SMILES string of the molecule is Cc1ncsc1-c1ccc(C(C)NC(=O)[C@@H]2C[C@@H](O)CN2C(=O)C(NC(=O)COCCOCCOCCN2CCN(c3ccn4c(n3)nc3ccccc34)CC2)C(C)(C)C)cc1. The quantitative estimate of drug-likeness (QED) is 0.109. The molecule has 0 spiro atoms. The molecule has 16 nitrogen and oxygen atoms in total. The number of carbonyl (C=O) groups is 3. The topological polar surface area (TPSA) is 176 Å². The molecule has 2 saturated heterocycles. The number of nitrogens with one attached hydrogen (secondary N) is 2. The lowest BCUT2D eigenvalue weighted by Crippen LogP contribution is -2.58. The maximum atomic E-state index is 14.0. The average molecular weight is 870 g/mol. The molecule has 2 fully saturated rings. The van der Waals surface area contributed by atoms with Gasteiger partial charge in [-0.1, -0.05) is 57.2 Å². The van der Waals surface area contributed by atoms with E-state index >= 15 is 0 Å². The molecular formula is C45H59N9O7S. The zero-order chi connectivity index (χ0) is 43.8. The highest BCUT2D eigenvalue weighted by Crippen LogP contribution is 2.30. The Labute approximate surface area is 366 Å². The molecule has 62 heavy (non-hydrogen) atoms. The molecule has 0 bridgehead atoms. The lowest BCUT2D eigenvalue weighted by molar-refractivity contribution is -0.144. The van der Waals surface area contributed by atoms with E-state index in [0.717, 1.165) is 71.3 Å². The molecule has 332 valence electrons. The normalized spacial score (nSPS) is 18.4. The number of imidazole rings is 1. The number of β-amino-alcohol motifs (C(OH)–C–C–N with tert-alkyl or cyclic N) is 1. The number of aliphatic hydroxyl groups is 1. The van der Waals surface area contributed by atoms with Gasteiger partial charge in [0, 0.05) is 51.9 Å². The van der Waals surface area contributed by atoms with E-state index in [9.17, 15) is 19.5 Å². The minimum Gasteiger partial charge on any atom is -0.391 e. The van der Waals surface area contributed by atoms with E-state index in [4.69, 9.17) is 19.2 Å². The van der Waals surface area contributed by atoms with E-state index in [-0.39, 0.29) is 44.7 Å². The van der Waals surface area contributed by atoms with Crippen molar-refractivity contribution in [2.45, 2.75) is 65.3 Å². The van der Waals surface area contributed by atoms with Crippen LogP contribution in [0.2, 0.25) is 0 Å². The van der Waals surface area contributed by atoms with Gasteiger partial charge in [-0.15, -0.1) is 11.3 Å². The molecule has 3 aromatic heterocycles. The van der Waals surface area contributed by atoms with Crippen LogP contribution in [-0.2, 0) is 28.6 Å². The number of rotatable bonds is 18. The molecule has 3 N–H and O–H groups in total. The van der Waals surface area contributed by atoms with Crippen molar-refractivity contribution in [3.63, 3.8) is 0 Å². The minimum absolute atomic E-state index is 0.00747. The molecule has 3 amide bonds. The second kappa shape index (κ2) is 20.4. The summed E-state index contributed by atoms with van der Waals surface area (Å²) in [4.78, 5) is 61.6. The predicted molar refractivity (Wildman–Crippen MR) is 238 cm³/mol. The highest BCUT2D eigenvalue weighted by atomic mass is 32.1. The first-order chi connectivity index (χ1) is 29.9. The maximum absolute atomic E-state index is 14.0. The highest BCUT2D eigenvalue weighted by molar-refractivity contribution is 7.13. The Kier molecular flexibility index (Phi) is 14.8. The summed E-state index contributed by atoms with van der Waals surface area (Å²) in [5.41, 5.74) is 6.06. The van der Waals surface area contributed by atoms with E-state index in [2.05, 4.69) is 42.5 Å². The number of nitrogens with zero attached hydrogens (tertiary/aromatic N) is 7. The molecule has 2 aromatic carbocycles. The number of para-hydroxylation sites is 2. The Hall–Kier alpha value is -5.04. The van der Waals surface area contributed by atoms with Gasteiger partial charge in [0.2, 0.25) is 23.5 Å². The van der Waals surface area contributed by atoms with Gasteiger partial charge in [0.15, 0.2) is 0 Å². The van der Waals surface area contributed by atoms with Crippen LogP contribution in [-0.4, -0.2) is 149 Å². The van der Waals surface area contributed by atoms with Crippen molar-refractivity contribution in [3.8, 4) is 10.4 Å². The number of amides is 3. The van der Waals surface area contributed by atoms with E-state index < -0.39 is 35.4 Å². The number of carbonyl (C=O) groups excluding carboxylic acids is 3. The van der Waals surface area contributed by atoms with Gasteiger partial charge >= 0.3 is 0 Å². The van der Waals surface area contributed by atoms with E-state index in [0.29, 0.717) is 25.6 Å². The van der Waals surface area contributed by atoms with Gasteiger partial charge in [-0.05, 0) is 48.6 Å². The van der Waals surface area contributed by atoms with Crippen LogP contribution in [0.1, 0.15) is 51.4 Å². The Morgan fingerprint density at radius 1 is 0.903 bits per heavy atom. The zero-order valence-electron chi connectivity index (χ0n) is 36.3. The van der Waals surface area contributed by atoms with Gasteiger partial charge in [0.25, 0.3) is 0 Å². The van der Waals surface area contributed by atoms with Gasteiger partial charge in [0.1, 0.15) is 24.5 Å². The zero-order valence-corrected chi connectivity index (χ0v) is 37.1. The monoisotopic (exact) mass is 869 g/mol. The summed E-state index contributed by atoms with van der Waals surface area (Å²) in [6.45, 7) is 15.5. The molecule has 2 unspecified atom stereocenters. The molecular weight excluding hydrogens is 811 g/mol. The van der Waals surface area contributed by atoms with Crippen molar-refractivity contribution < 1.29 is 33.7 Å². The maximum Gasteiger partial charge on any atom is 0.246 e. The van der Waals surface area contributed by atoms with Crippen LogP contribution in [0.4, 0.5) is 5.82 Å². The summed E-state index contributed by atoms with van der Waals surface area (Å²) >= 11 is 1.58. The minimum atomic E-state index is -0.951. The third-order valence-corrected chi connectivity index (χ3v) is 12.4. The van der Waals surface area contributed by atoms with E-state index in [1.54, 1.807) is 11.3 Å². The summed E-state index contributed by atoms with van der Waals surface area (Å²) in [5, 5.41) is 16.4. The first-order valence-corrected chi connectivity index (χ1v) is 22.3. The van der Waals surface area contributed by atoms with Crippen LogP contribution in [0, 0.1) is 12.3 Å². The number of thiazole rings is 1. The van der Waals surface area contributed by atoms with Crippen LogP contribution in [0.5, 0.6) is 0 Å². The standard InChI is InChI=1S/C45H59N9O7S/c1-30(32-10-12-33(13-11-32)40-31(2)46-29-62-40)47-42(57)37-26-34(55)27-54(37)43(58)41(45(3,4)5)50-39(56)28-61-25-24-60-23-22-59-21-20-51-16-18-52(19-17-51)38-14-15-53-36-9-7-6-8-35(36)48-44(53)49-38/h6-15,29-30,34,37,41,55H,16-28H2,1-5H3,(H,47,57)(H,50,56)/t30?,34-,37+,41?/m1/s1. The second-order valence-electron chi connectivity index (χ2n) is 17.0. The van der Waals surface area contributed by atoms with Gasteiger partial charge in [0.05, 0.1) is 72.3 Å². The highest BCUT2D eigenvalue weighted by Gasteiger charge is 2.44. The van der Waals surface area contributed by atoms with Crippen molar-refractivity contribution in [1.29, 1.82) is 0 Å². The fourth-order valence-corrected chi connectivity index (χ4v) is 8.74. The summed E-state index contributed by atoms with van der Waals surface area (Å²) < 4.78 is 19.0. The number of fused-ring (bicyclic) bond motifs is 3. The number of anilines is 1. The number of hydrogen-bond donors (Lipinski definition) is 3. The van der Waals surface area contributed by atoms with Crippen molar-refractivity contribution in [1.82, 2.24) is 39.8 Å². The molecule has 0 saturated carbocycles. The largest absolute Gasteiger partial charge is 0.391 e. The van der Waals surface area contributed by atoms with Crippen LogP contribution in [0.25, 0.3) is 27.3 Å². The van der Waals surface area contributed by atoms with Crippen molar-refractivity contribution in [2.75, 3.05) is 83.8 Å². The van der Waals surface area contributed by atoms with E-state index in [1.807, 2.05) is 93.2 Å². The smallest absolute Gasteiger partial charge is 0.246 e. The molecule has 17 heteroatoms. The number of aliphatic hydroxyl groups excluding tert-OH is 1. The molecule has 7 rings (SSSR count). The summed E-state index contributed by atoms with van der Waals surface area (Å²) in [7, 11) is 0. The Morgan fingerprint density at radius 2 is 1.61 bits per heavy atom. The molecule has 0 radical (unpaired) electrons. The summed E-state index contributed by atoms with van der Waals surface area (Å²) in [5.74, 6) is 0.400. The number of aryl methyl sites for hydroxylation is 1. The summed E-state index contributed by atoms with van der Waals surface area (Å²) in [6.07, 6.45) is 1.28. The predicted octanol–water partition coefficient (Wildman–Crippen LogP) is 3.86. The first kappa shape index (κ1) is 45.0. The summed E-state index contributed by atoms with van der Waals surface area (Å²) in [6, 6.07) is 15.9. The van der Waals surface area contributed by atoms with Crippen LogP contribution >= 0.6 is 11.3 Å². The fraction of sp³-hybridized carbons (Fsp3) is 0.511. The number of aromatic nitrogens is 4. The third kappa shape index (κ3) is 11.1. The fourth-order valence-electron chi connectivity index (χ4n) is 7.93. The van der Waals surface area contributed by atoms with Crippen LogP contribution in [0.15, 0.2) is 66.3 Å². The Bertz CT molecular complexity index is 2290. The lowest BCUT2D eigenvalue weighted by atomic mass is 9.85. The molecule has 2 aliphatic rings. The number of likely N-dealkylation sites (tertiary alicyclic amines) is 1. The van der Waals surface area contributed by atoms with E-state index in [1.165, 1.54) is 4.90 Å². The number of hydrogen-bond acceptors (Lipinski definition) is 13. The van der Waals surface area contributed by atoms with Gasteiger partial charge in [-0.2, -0.15) is 4.98 Å². The molecule has 0 aliphatic carbocycles. The Balaban J connectivity index is 0.765. The van der Waals surface area contributed by atoms with Crippen molar-refractivity contribution in [3.05, 3.63) is 77.6 Å². The van der Waals surface area contributed by atoms with Gasteiger partial charge in [-0.25, -0.2) is 9.97 Å². The lowest BCUT2D eigenvalue weighted by Gasteiger charge is -2.35. The average Bonchev–Trinajstić information content (AvgIpc) is 3.99. The number of piperazine rings is 1. The molecule has 5 aromatic rings. The van der Waals surface area contributed by atoms with Crippen molar-refractivity contribution >= 4 is 51.7 Å². The molecule has 2 aliphatic heterocycles. The number of ether oxygens (including phenoxy) is 3. The van der Waals surface area contributed by atoms with Crippen LogP contribution < -0.4 is 15.5 Å². The Morgan fingerprint density at radius 3 is 2.32 bits per heavy atom. The van der Waals surface area contributed by atoms with Gasteiger partial charge in [-0.3, -0.25) is 23.7 Å². The van der Waals surface area contributed by atoms with Gasteiger partial charge < -0.3 is 39.8 Å². The third-order valence-electron chi connectivity index (χ3n) is 11.4.